The van der Waals surface area contributed by atoms with Crippen LogP contribution in [0.3, 0.4) is 0 Å². The molecule has 0 amide bonds. The third-order valence-electron chi connectivity index (χ3n) is 6.56. The Morgan fingerprint density at radius 1 is 1.19 bits per heavy atom. The second kappa shape index (κ2) is 7.17. The van der Waals surface area contributed by atoms with Crippen molar-refractivity contribution < 1.29 is 9.13 Å². The molecule has 1 spiro atoms. The topological polar surface area (TPSA) is 74.1 Å². The molecular formula is C24H24FN5O. The van der Waals surface area contributed by atoms with Gasteiger partial charge in [0.15, 0.2) is 5.82 Å². The van der Waals surface area contributed by atoms with Crippen LogP contribution in [0.4, 0.5) is 15.9 Å². The molecule has 6 nitrogen and oxygen atoms in total. The molecule has 3 aromatic rings. The number of nitrogens with one attached hydrogen (secondary N) is 1. The first-order chi connectivity index (χ1) is 14.9. The predicted octanol–water partition coefficient (Wildman–Crippen LogP) is 4.27. The van der Waals surface area contributed by atoms with Gasteiger partial charge in [0.05, 0.1) is 47.7 Å². The summed E-state index contributed by atoms with van der Waals surface area (Å²) < 4.78 is 20.3. The van der Waals surface area contributed by atoms with Gasteiger partial charge in [-0.25, -0.2) is 4.39 Å². The van der Waals surface area contributed by atoms with Gasteiger partial charge in [-0.3, -0.25) is 0 Å². The molecule has 2 aliphatic heterocycles. The van der Waals surface area contributed by atoms with E-state index in [1.165, 1.54) is 0 Å². The number of hydrogen-bond acceptors (Lipinski definition) is 6. The van der Waals surface area contributed by atoms with Gasteiger partial charge in [0.25, 0.3) is 0 Å². The van der Waals surface area contributed by atoms with Crippen LogP contribution < -0.4 is 10.2 Å². The standard InChI is InChI=1S/C24H24FN5O/c1-14-17(9-26)5-4-6-18(14)15(2)27-23-20-8-22(30-10-24(11-30)12-31-13-24)21(25)7-19(20)16(3)28-29-23/h4-8,15H,10-13H2,1-3H3,(H,27,29)/t15-/m1/s1. The van der Waals surface area contributed by atoms with Crippen LogP contribution in [-0.4, -0.2) is 36.5 Å². The number of rotatable bonds is 4. The van der Waals surface area contributed by atoms with Crippen molar-refractivity contribution >= 4 is 22.3 Å². The summed E-state index contributed by atoms with van der Waals surface area (Å²) in [5.74, 6) is 0.369. The van der Waals surface area contributed by atoms with Crippen LogP contribution in [-0.2, 0) is 4.74 Å². The van der Waals surface area contributed by atoms with Crippen LogP contribution in [0.5, 0.6) is 0 Å². The summed E-state index contributed by atoms with van der Waals surface area (Å²) in [5.41, 5.74) is 4.10. The molecule has 2 aliphatic rings. The Bertz CT molecular complexity index is 1220. The molecule has 1 aromatic heterocycles. The first-order valence-electron chi connectivity index (χ1n) is 10.5. The fourth-order valence-electron chi connectivity index (χ4n) is 4.67. The highest BCUT2D eigenvalue weighted by Crippen LogP contribution is 2.42. The minimum Gasteiger partial charge on any atom is -0.380 e. The van der Waals surface area contributed by atoms with E-state index in [-0.39, 0.29) is 17.3 Å². The highest BCUT2D eigenvalue weighted by atomic mass is 19.1. The summed E-state index contributed by atoms with van der Waals surface area (Å²) in [5, 5.41) is 23.0. The first-order valence-corrected chi connectivity index (χ1v) is 10.5. The van der Waals surface area contributed by atoms with Crippen LogP contribution in [0.25, 0.3) is 10.8 Å². The van der Waals surface area contributed by atoms with E-state index in [9.17, 15) is 9.65 Å². The summed E-state index contributed by atoms with van der Waals surface area (Å²) in [6.45, 7) is 8.95. The van der Waals surface area contributed by atoms with E-state index in [0.717, 1.165) is 48.2 Å². The lowest BCUT2D eigenvalue weighted by Crippen LogP contribution is -2.66. The first kappa shape index (κ1) is 19.7. The van der Waals surface area contributed by atoms with Crippen molar-refractivity contribution in [1.29, 1.82) is 5.26 Å². The van der Waals surface area contributed by atoms with Gasteiger partial charge in [0.1, 0.15) is 5.82 Å². The molecular weight excluding hydrogens is 393 g/mol. The van der Waals surface area contributed by atoms with Gasteiger partial charge in [0.2, 0.25) is 0 Å². The smallest absolute Gasteiger partial charge is 0.157 e. The molecule has 158 valence electrons. The molecule has 0 aliphatic carbocycles. The third kappa shape index (κ3) is 3.19. The Kier molecular flexibility index (Phi) is 4.56. The SMILES string of the molecule is Cc1c(C#N)cccc1[C@@H](C)Nc1nnc(C)c2cc(F)c(N3CC4(COC4)C3)cc12. The van der Waals surface area contributed by atoms with Gasteiger partial charge in [0, 0.05) is 23.9 Å². The number of halogens is 1. The quantitative estimate of drug-likeness (QED) is 0.684. The third-order valence-corrected chi connectivity index (χ3v) is 6.56. The molecule has 31 heavy (non-hydrogen) atoms. The van der Waals surface area contributed by atoms with Gasteiger partial charge in [-0.2, -0.15) is 10.4 Å². The Balaban J connectivity index is 1.51. The number of aryl methyl sites for hydroxylation is 1. The highest BCUT2D eigenvalue weighted by molar-refractivity contribution is 5.95. The molecule has 2 saturated heterocycles. The van der Waals surface area contributed by atoms with Crippen molar-refractivity contribution in [2.24, 2.45) is 5.41 Å². The minimum atomic E-state index is -0.241. The van der Waals surface area contributed by atoms with Crippen molar-refractivity contribution in [3.8, 4) is 6.07 Å². The molecule has 1 N–H and O–H groups in total. The van der Waals surface area contributed by atoms with Crippen molar-refractivity contribution in [3.63, 3.8) is 0 Å². The number of hydrogen-bond donors (Lipinski definition) is 1. The molecule has 1 atom stereocenters. The van der Waals surface area contributed by atoms with Crippen LogP contribution in [0.2, 0.25) is 0 Å². The van der Waals surface area contributed by atoms with Gasteiger partial charge < -0.3 is 15.0 Å². The van der Waals surface area contributed by atoms with E-state index in [1.54, 1.807) is 6.07 Å². The van der Waals surface area contributed by atoms with Crippen LogP contribution in [0.1, 0.15) is 35.3 Å². The zero-order valence-corrected chi connectivity index (χ0v) is 17.9. The van der Waals surface area contributed by atoms with E-state index in [4.69, 9.17) is 4.74 Å². The van der Waals surface area contributed by atoms with Crippen molar-refractivity contribution in [2.75, 3.05) is 36.5 Å². The van der Waals surface area contributed by atoms with E-state index in [1.807, 2.05) is 45.0 Å². The minimum absolute atomic E-state index is 0.0959. The summed E-state index contributed by atoms with van der Waals surface area (Å²) in [6, 6.07) is 11.3. The highest BCUT2D eigenvalue weighted by Gasteiger charge is 2.49. The second-order valence-electron chi connectivity index (χ2n) is 8.83. The molecule has 0 radical (unpaired) electrons. The van der Waals surface area contributed by atoms with E-state index >= 15 is 0 Å². The average Bonchev–Trinajstić information content (AvgIpc) is 2.69. The lowest BCUT2D eigenvalue weighted by molar-refractivity contribution is -0.127. The summed E-state index contributed by atoms with van der Waals surface area (Å²) in [6.07, 6.45) is 0. The Labute approximate surface area is 180 Å². The summed E-state index contributed by atoms with van der Waals surface area (Å²) in [4.78, 5) is 2.07. The number of anilines is 2. The fourth-order valence-corrected chi connectivity index (χ4v) is 4.67. The molecule has 3 heterocycles. The molecule has 0 unspecified atom stereocenters. The molecule has 5 rings (SSSR count). The lowest BCUT2D eigenvalue weighted by atomic mass is 9.77. The van der Waals surface area contributed by atoms with Crippen LogP contribution >= 0.6 is 0 Å². The normalized spacial score (nSPS) is 17.7. The number of aromatic nitrogens is 2. The molecule has 0 bridgehead atoms. The number of ether oxygens (including phenoxy) is 1. The maximum Gasteiger partial charge on any atom is 0.157 e. The molecule has 2 aromatic carbocycles. The Morgan fingerprint density at radius 2 is 1.97 bits per heavy atom. The number of benzene rings is 2. The van der Waals surface area contributed by atoms with Crippen LogP contribution in [0, 0.1) is 36.4 Å². The van der Waals surface area contributed by atoms with E-state index in [2.05, 4.69) is 26.5 Å². The largest absolute Gasteiger partial charge is 0.380 e. The Hall–Kier alpha value is -3.24. The number of nitrogens with zero attached hydrogens (tertiary/aromatic N) is 4. The van der Waals surface area contributed by atoms with Gasteiger partial charge in [-0.15, -0.1) is 5.10 Å². The van der Waals surface area contributed by atoms with Gasteiger partial charge in [-0.05, 0) is 50.1 Å². The molecule has 2 fully saturated rings. The zero-order valence-electron chi connectivity index (χ0n) is 17.9. The van der Waals surface area contributed by atoms with Gasteiger partial charge >= 0.3 is 0 Å². The van der Waals surface area contributed by atoms with Crippen molar-refractivity contribution in [1.82, 2.24) is 10.2 Å². The second-order valence-corrected chi connectivity index (χ2v) is 8.83. The van der Waals surface area contributed by atoms with Gasteiger partial charge in [-0.1, -0.05) is 12.1 Å². The Morgan fingerprint density at radius 3 is 2.65 bits per heavy atom. The molecule has 7 heteroatoms. The van der Waals surface area contributed by atoms with E-state index < -0.39 is 0 Å². The lowest BCUT2D eigenvalue weighted by Gasteiger charge is -2.56. The fraction of sp³-hybridized carbons (Fsp3) is 0.375. The van der Waals surface area contributed by atoms with Crippen LogP contribution in [0.15, 0.2) is 30.3 Å². The van der Waals surface area contributed by atoms with Crippen molar-refractivity contribution in [3.05, 3.63) is 58.5 Å². The number of nitriles is 1. The monoisotopic (exact) mass is 417 g/mol. The zero-order chi connectivity index (χ0) is 21.8. The summed E-state index contributed by atoms with van der Waals surface area (Å²) in [7, 11) is 0. The maximum absolute atomic E-state index is 15.0. The molecule has 0 saturated carbocycles. The van der Waals surface area contributed by atoms with E-state index in [0.29, 0.717) is 22.8 Å². The van der Waals surface area contributed by atoms with Crippen molar-refractivity contribution in [2.45, 2.75) is 26.8 Å². The average molecular weight is 417 g/mol. The summed E-state index contributed by atoms with van der Waals surface area (Å²) >= 11 is 0. The predicted molar refractivity (Wildman–Crippen MR) is 118 cm³/mol. The maximum atomic E-state index is 15.0. The number of fused-ring (bicyclic) bond motifs is 1.